The van der Waals surface area contributed by atoms with Crippen molar-refractivity contribution in [1.82, 2.24) is 4.98 Å². The molecular formula is C12H19N. The minimum atomic E-state index is 0.355. The Labute approximate surface area is 81.2 Å². The summed E-state index contributed by atoms with van der Waals surface area (Å²) in [5.74, 6) is 0. The lowest BCUT2D eigenvalue weighted by Gasteiger charge is -2.17. The Kier molecular flexibility index (Phi) is 3.07. The zero-order valence-electron chi connectivity index (χ0n) is 9.09. The number of rotatable bonds is 2. The van der Waals surface area contributed by atoms with Crippen molar-refractivity contribution in [2.24, 2.45) is 5.41 Å². The van der Waals surface area contributed by atoms with Crippen LogP contribution in [0.1, 0.15) is 38.8 Å². The van der Waals surface area contributed by atoms with Crippen LogP contribution in [0.4, 0.5) is 0 Å². The molecule has 0 atom stereocenters. The third-order valence-electron chi connectivity index (χ3n) is 1.99. The number of nitrogens with zero attached hydrogens (tertiary/aromatic N) is 1. The van der Waals surface area contributed by atoms with E-state index in [1.54, 1.807) is 0 Å². The van der Waals surface area contributed by atoms with E-state index in [-0.39, 0.29) is 0 Å². The molecule has 1 aromatic rings. The number of hydrogen-bond acceptors (Lipinski definition) is 1. The van der Waals surface area contributed by atoms with Crippen molar-refractivity contribution in [2.45, 2.75) is 40.5 Å². The molecule has 13 heavy (non-hydrogen) atoms. The maximum atomic E-state index is 4.24. The molecule has 1 heteroatoms. The highest BCUT2D eigenvalue weighted by Gasteiger charge is 2.11. The van der Waals surface area contributed by atoms with E-state index < -0.39 is 0 Å². The molecular weight excluding hydrogens is 158 g/mol. The largest absolute Gasteiger partial charge is 0.264 e. The fraction of sp³-hybridized carbons (Fsp3) is 0.583. The standard InChI is InChI=1S/C12H19N/c1-5-10-6-11(9-13-8-10)7-12(2,3)4/h6,8-9H,5,7H2,1-4H3. The topological polar surface area (TPSA) is 12.9 Å². The summed E-state index contributed by atoms with van der Waals surface area (Å²) in [6, 6.07) is 2.26. The van der Waals surface area contributed by atoms with Crippen LogP contribution in [0.5, 0.6) is 0 Å². The maximum Gasteiger partial charge on any atom is 0.0300 e. The molecule has 0 saturated heterocycles. The molecule has 0 unspecified atom stereocenters. The molecule has 0 aromatic carbocycles. The van der Waals surface area contributed by atoms with Gasteiger partial charge in [0.1, 0.15) is 0 Å². The van der Waals surface area contributed by atoms with Crippen LogP contribution in [0, 0.1) is 5.41 Å². The second-order valence-corrected chi connectivity index (χ2v) is 4.79. The van der Waals surface area contributed by atoms with Gasteiger partial charge in [-0.25, -0.2) is 0 Å². The molecule has 1 nitrogen and oxygen atoms in total. The molecule has 0 amide bonds. The molecule has 0 N–H and O–H groups in total. The van der Waals surface area contributed by atoms with Crippen LogP contribution in [0.25, 0.3) is 0 Å². The predicted molar refractivity (Wildman–Crippen MR) is 56.8 cm³/mol. The number of pyridine rings is 1. The minimum Gasteiger partial charge on any atom is -0.264 e. The molecule has 0 aliphatic heterocycles. The summed E-state index contributed by atoms with van der Waals surface area (Å²) in [5, 5.41) is 0. The van der Waals surface area contributed by atoms with Crippen LogP contribution >= 0.6 is 0 Å². The van der Waals surface area contributed by atoms with Crippen molar-refractivity contribution in [2.75, 3.05) is 0 Å². The molecule has 0 radical (unpaired) electrons. The lowest BCUT2D eigenvalue weighted by Crippen LogP contribution is -2.09. The zero-order valence-corrected chi connectivity index (χ0v) is 9.09. The minimum absolute atomic E-state index is 0.355. The molecule has 0 fully saturated rings. The van der Waals surface area contributed by atoms with E-state index in [0.29, 0.717) is 5.41 Å². The molecule has 0 spiro atoms. The van der Waals surface area contributed by atoms with E-state index in [0.717, 1.165) is 12.8 Å². The average molecular weight is 177 g/mol. The Bertz CT molecular complexity index is 271. The van der Waals surface area contributed by atoms with E-state index in [4.69, 9.17) is 0 Å². The summed E-state index contributed by atoms with van der Waals surface area (Å²) in [6.07, 6.45) is 6.11. The monoisotopic (exact) mass is 177 g/mol. The fourth-order valence-electron chi connectivity index (χ4n) is 1.44. The summed E-state index contributed by atoms with van der Waals surface area (Å²) >= 11 is 0. The summed E-state index contributed by atoms with van der Waals surface area (Å²) in [5.41, 5.74) is 3.04. The van der Waals surface area contributed by atoms with Crippen LogP contribution in [-0.4, -0.2) is 4.98 Å². The third kappa shape index (κ3) is 3.58. The highest BCUT2D eigenvalue weighted by Crippen LogP contribution is 2.20. The molecule has 1 rings (SSSR count). The van der Waals surface area contributed by atoms with Gasteiger partial charge in [0.15, 0.2) is 0 Å². The highest BCUT2D eigenvalue weighted by atomic mass is 14.6. The van der Waals surface area contributed by atoms with E-state index in [1.807, 2.05) is 12.4 Å². The lowest BCUT2D eigenvalue weighted by atomic mass is 9.88. The number of aromatic nitrogens is 1. The molecule has 0 aliphatic carbocycles. The van der Waals surface area contributed by atoms with Gasteiger partial charge in [-0.3, -0.25) is 4.98 Å². The second kappa shape index (κ2) is 3.91. The Morgan fingerprint density at radius 2 is 1.77 bits per heavy atom. The Balaban J connectivity index is 2.78. The Morgan fingerprint density at radius 1 is 1.15 bits per heavy atom. The van der Waals surface area contributed by atoms with E-state index in [1.165, 1.54) is 11.1 Å². The van der Waals surface area contributed by atoms with Gasteiger partial charge in [-0.05, 0) is 29.4 Å². The van der Waals surface area contributed by atoms with Crippen molar-refractivity contribution >= 4 is 0 Å². The van der Waals surface area contributed by atoms with Gasteiger partial charge in [-0.15, -0.1) is 0 Å². The number of hydrogen-bond donors (Lipinski definition) is 0. The smallest absolute Gasteiger partial charge is 0.0300 e. The van der Waals surface area contributed by atoms with Gasteiger partial charge in [-0.1, -0.05) is 33.8 Å². The molecule has 1 aromatic heterocycles. The fourth-order valence-corrected chi connectivity index (χ4v) is 1.44. The first-order valence-electron chi connectivity index (χ1n) is 4.94. The van der Waals surface area contributed by atoms with Gasteiger partial charge in [0.05, 0.1) is 0 Å². The maximum absolute atomic E-state index is 4.24. The lowest BCUT2D eigenvalue weighted by molar-refractivity contribution is 0.410. The van der Waals surface area contributed by atoms with E-state index in [2.05, 4.69) is 38.7 Å². The van der Waals surface area contributed by atoms with Crippen molar-refractivity contribution in [1.29, 1.82) is 0 Å². The molecule has 0 aliphatic rings. The Hall–Kier alpha value is -0.850. The van der Waals surface area contributed by atoms with Crippen molar-refractivity contribution < 1.29 is 0 Å². The van der Waals surface area contributed by atoms with Gasteiger partial charge < -0.3 is 0 Å². The number of aryl methyl sites for hydroxylation is 1. The zero-order chi connectivity index (χ0) is 9.90. The van der Waals surface area contributed by atoms with Crippen molar-refractivity contribution in [3.05, 3.63) is 29.6 Å². The van der Waals surface area contributed by atoms with Crippen molar-refractivity contribution in [3.8, 4) is 0 Å². The quantitative estimate of drug-likeness (QED) is 0.676. The van der Waals surface area contributed by atoms with Gasteiger partial charge in [0, 0.05) is 12.4 Å². The normalized spacial score (nSPS) is 11.7. The Morgan fingerprint density at radius 3 is 2.31 bits per heavy atom. The first kappa shape index (κ1) is 10.2. The van der Waals surface area contributed by atoms with E-state index in [9.17, 15) is 0 Å². The van der Waals surface area contributed by atoms with Gasteiger partial charge in [0.25, 0.3) is 0 Å². The molecule has 72 valence electrons. The van der Waals surface area contributed by atoms with Crippen LogP contribution in [0.3, 0.4) is 0 Å². The SMILES string of the molecule is CCc1cncc(CC(C)(C)C)c1. The first-order chi connectivity index (χ1) is 6.01. The second-order valence-electron chi connectivity index (χ2n) is 4.79. The van der Waals surface area contributed by atoms with Gasteiger partial charge in [0.2, 0.25) is 0 Å². The molecule has 0 bridgehead atoms. The first-order valence-corrected chi connectivity index (χ1v) is 4.94. The molecule has 0 saturated carbocycles. The summed E-state index contributed by atoms with van der Waals surface area (Å²) < 4.78 is 0. The van der Waals surface area contributed by atoms with Crippen molar-refractivity contribution in [3.63, 3.8) is 0 Å². The highest BCUT2D eigenvalue weighted by molar-refractivity contribution is 5.18. The van der Waals surface area contributed by atoms with Crippen LogP contribution in [0.2, 0.25) is 0 Å². The van der Waals surface area contributed by atoms with Crippen LogP contribution in [-0.2, 0) is 12.8 Å². The van der Waals surface area contributed by atoms with Crippen LogP contribution in [0.15, 0.2) is 18.5 Å². The predicted octanol–water partition coefficient (Wildman–Crippen LogP) is 3.23. The van der Waals surface area contributed by atoms with Gasteiger partial charge >= 0.3 is 0 Å². The average Bonchev–Trinajstić information content (AvgIpc) is 2.01. The molecule has 1 heterocycles. The third-order valence-corrected chi connectivity index (χ3v) is 1.99. The summed E-state index contributed by atoms with van der Waals surface area (Å²) in [7, 11) is 0. The van der Waals surface area contributed by atoms with Crippen LogP contribution < -0.4 is 0 Å². The summed E-state index contributed by atoms with van der Waals surface area (Å²) in [4.78, 5) is 4.24. The van der Waals surface area contributed by atoms with Gasteiger partial charge in [-0.2, -0.15) is 0 Å². The van der Waals surface area contributed by atoms with E-state index >= 15 is 0 Å². The summed E-state index contributed by atoms with van der Waals surface area (Å²) in [6.45, 7) is 8.93.